The molecule has 0 saturated carbocycles. The third-order valence-electron chi connectivity index (χ3n) is 6.05. The molecule has 162 valence electrons. The minimum Gasteiger partial charge on any atom is -0.348 e. The number of carbonyl (C=O) groups excluding carboxylic acids is 2. The molecule has 3 heterocycles. The lowest BCUT2D eigenvalue weighted by Gasteiger charge is -2.33. The van der Waals surface area contributed by atoms with Crippen LogP contribution < -0.4 is 5.32 Å². The van der Waals surface area contributed by atoms with E-state index >= 15 is 0 Å². The molecule has 2 fully saturated rings. The molecule has 2 amide bonds. The molecular weight excluding hydrogens is 404 g/mol. The van der Waals surface area contributed by atoms with Gasteiger partial charge < -0.3 is 5.32 Å². The summed E-state index contributed by atoms with van der Waals surface area (Å²) >= 11 is 0. The molecule has 1 aromatic rings. The lowest BCUT2D eigenvalue weighted by molar-refractivity contribution is -0.133. The summed E-state index contributed by atoms with van der Waals surface area (Å²) in [5.74, 6) is -0.449. The molecule has 9 heteroatoms. The number of benzene rings is 1. The van der Waals surface area contributed by atoms with Crippen LogP contribution in [-0.2, 0) is 26.0 Å². The Morgan fingerprint density at radius 3 is 2.50 bits per heavy atom. The summed E-state index contributed by atoms with van der Waals surface area (Å²) in [5.41, 5.74) is 1.61. The second kappa shape index (κ2) is 8.85. The van der Waals surface area contributed by atoms with Crippen molar-refractivity contribution in [3.63, 3.8) is 0 Å². The van der Waals surface area contributed by atoms with Crippen LogP contribution >= 0.6 is 0 Å². The maximum Gasteiger partial charge on any atom is 0.267 e. The van der Waals surface area contributed by atoms with Crippen LogP contribution in [0.25, 0.3) is 0 Å². The van der Waals surface area contributed by atoms with Crippen molar-refractivity contribution in [2.45, 2.75) is 50.7 Å². The zero-order chi connectivity index (χ0) is 21.1. The summed E-state index contributed by atoms with van der Waals surface area (Å²) in [7, 11) is -3.12. The number of piperidine rings is 1. The van der Waals surface area contributed by atoms with E-state index in [1.54, 1.807) is 0 Å². The third kappa shape index (κ3) is 5.07. The van der Waals surface area contributed by atoms with E-state index in [9.17, 15) is 18.0 Å². The van der Waals surface area contributed by atoms with Crippen LogP contribution in [0.3, 0.4) is 0 Å². The summed E-state index contributed by atoms with van der Waals surface area (Å²) in [6.45, 7) is 2.74. The number of amides is 2. The van der Waals surface area contributed by atoms with E-state index in [0.29, 0.717) is 18.6 Å². The molecule has 0 aromatic heterocycles. The molecular formula is C21H28N4O4S. The highest BCUT2D eigenvalue weighted by atomic mass is 32.2. The molecule has 0 bridgehead atoms. The summed E-state index contributed by atoms with van der Waals surface area (Å²) in [4.78, 5) is 27.3. The number of hydrogen-bond donors (Lipinski definition) is 1. The van der Waals surface area contributed by atoms with Crippen LogP contribution in [0.2, 0.25) is 0 Å². The number of nitrogens with one attached hydrogen (secondary N) is 1. The third-order valence-corrected chi connectivity index (χ3v) is 7.80. The molecule has 0 radical (unpaired) electrons. The van der Waals surface area contributed by atoms with E-state index in [-0.39, 0.29) is 35.8 Å². The van der Waals surface area contributed by atoms with Crippen molar-refractivity contribution in [1.29, 1.82) is 0 Å². The molecule has 3 aliphatic heterocycles. The number of hydrogen-bond acceptors (Lipinski definition) is 6. The smallest absolute Gasteiger partial charge is 0.267 e. The quantitative estimate of drug-likeness (QED) is 0.746. The Kier molecular flexibility index (Phi) is 6.19. The number of likely N-dealkylation sites (tertiary alicyclic amines) is 1. The average Bonchev–Trinajstić information content (AvgIpc) is 3.10. The van der Waals surface area contributed by atoms with Crippen LogP contribution in [0.4, 0.5) is 0 Å². The summed E-state index contributed by atoms with van der Waals surface area (Å²) < 4.78 is 23.5. The van der Waals surface area contributed by atoms with Crippen molar-refractivity contribution in [2.24, 2.45) is 5.10 Å². The highest BCUT2D eigenvalue weighted by molar-refractivity contribution is 7.91. The molecule has 0 aliphatic carbocycles. The fourth-order valence-electron chi connectivity index (χ4n) is 4.33. The van der Waals surface area contributed by atoms with Gasteiger partial charge in [0.1, 0.15) is 5.71 Å². The van der Waals surface area contributed by atoms with E-state index in [1.165, 1.54) is 10.6 Å². The van der Waals surface area contributed by atoms with E-state index in [4.69, 9.17) is 0 Å². The molecule has 3 aliphatic rings. The topological polar surface area (TPSA) is 99.2 Å². The SMILES string of the molecule is O=C(NC1CCN(Cc2ccccc2)CC1)C1=NN([C@H]2CCS(=O)(=O)C2)C(=O)CC1. The van der Waals surface area contributed by atoms with Crippen LogP contribution in [0.1, 0.15) is 37.7 Å². The van der Waals surface area contributed by atoms with E-state index in [0.717, 1.165) is 32.5 Å². The van der Waals surface area contributed by atoms with Crippen molar-refractivity contribution in [3.8, 4) is 0 Å². The van der Waals surface area contributed by atoms with Crippen LogP contribution in [-0.4, -0.2) is 72.5 Å². The van der Waals surface area contributed by atoms with Gasteiger partial charge in [-0.2, -0.15) is 5.10 Å². The monoisotopic (exact) mass is 432 g/mol. The van der Waals surface area contributed by atoms with Crippen molar-refractivity contribution >= 4 is 27.4 Å². The molecule has 0 unspecified atom stereocenters. The van der Waals surface area contributed by atoms with E-state index in [2.05, 4.69) is 27.5 Å². The summed E-state index contributed by atoms with van der Waals surface area (Å²) in [6.07, 6.45) is 2.61. The minimum absolute atomic E-state index is 0.0695. The normalized spacial score (nSPS) is 25.2. The Hall–Kier alpha value is -2.26. The Bertz CT molecular complexity index is 924. The van der Waals surface area contributed by atoms with Gasteiger partial charge in [-0.15, -0.1) is 0 Å². The summed E-state index contributed by atoms with van der Waals surface area (Å²) in [6, 6.07) is 9.98. The van der Waals surface area contributed by atoms with Gasteiger partial charge >= 0.3 is 0 Å². The van der Waals surface area contributed by atoms with E-state index < -0.39 is 15.9 Å². The van der Waals surface area contributed by atoms with Gasteiger partial charge in [-0.05, 0) is 24.8 Å². The highest BCUT2D eigenvalue weighted by Crippen LogP contribution is 2.22. The first kappa shape index (κ1) is 21.0. The standard InChI is InChI=1S/C21H28N4O4S/c26-20-7-6-19(23-25(20)18-10-13-30(28,29)15-18)21(27)22-17-8-11-24(12-9-17)14-16-4-2-1-3-5-16/h1-5,17-18H,6-15H2,(H,22,27)/t18-/m0/s1. The Morgan fingerprint density at radius 2 is 1.83 bits per heavy atom. The maximum absolute atomic E-state index is 12.7. The number of hydrazone groups is 1. The number of sulfone groups is 1. The molecule has 1 N–H and O–H groups in total. The molecule has 4 rings (SSSR count). The number of nitrogens with zero attached hydrogens (tertiary/aromatic N) is 3. The average molecular weight is 433 g/mol. The first-order chi connectivity index (χ1) is 14.4. The van der Waals surface area contributed by atoms with Crippen molar-refractivity contribution in [1.82, 2.24) is 15.2 Å². The first-order valence-electron chi connectivity index (χ1n) is 10.6. The molecule has 2 saturated heterocycles. The molecule has 1 atom stereocenters. The second-order valence-corrected chi connectivity index (χ2v) is 10.6. The van der Waals surface area contributed by atoms with Crippen LogP contribution in [0, 0.1) is 0 Å². The zero-order valence-electron chi connectivity index (χ0n) is 17.0. The predicted molar refractivity (Wildman–Crippen MR) is 113 cm³/mol. The van der Waals surface area contributed by atoms with Gasteiger partial charge in [0.2, 0.25) is 5.91 Å². The highest BCUT2D eigenvalue weighted by Gasteiger charge is 2.37. The first-order valence-corrected chi connectivity index (χ1v) is 12.4. The minimum atomic E-state index is -3.12. The zero-order valence-corrected chi connectivity index (χ0v) is 17.8. The number of rotatable bonds is 5. The Balaban J connectivity index is 1.30. The van der Waals surface area contributed by atoms with Gasteiger partial charge in [0.25, 0.3) is 5.91 Å². The van der Waals surface area contributed by atoms with Crippen LogP contribution in [0.15, 0.2) is 35.4 Å². The Morgan fingerprint density at radius 1 is 1.10 bits per heavy atom. The van der Waals surface area contributed by atoms with Gasteiger partial charge in [0.15, 0.2) is 9.84 Å². The second-order valence-electron chi connectivity index (χ2n) is 8.35. The van der Waals surface area contributed by atoms with E-state index in [1.807, 2.05) is 18.2 Å². The van der Waals surface area contributed by atoms with Gasteiger partial charge in [0.05, 0.1) is 17.5 Å². The van der Waals surface area contributed by atoms with Crippen molar-refractivity contribution in [3.05, 3.63) is 35.9 Å². The van der Waals surface area contributed by atoms with Crippen molar-refractivity contribution < 1.29 is 18.0 Å². The number of carbonyl (C=O) groups is 2. The molecule has 8 nitrogen and oxygen atoms in total. The Labute approximate surface area is 177 Å². The van der Waals surface area contributed by atoms with Gasteiger partial charge in [-0.3, -0.25) is 14.5 Å². The lowest BCUT2D eigenvalue weighted by atomic mass is 10.0. The molecule has 0 spiro atoms. The molecule has 1 aromatic carbocycles. The van der Waals surface area contributed by atoms with Gasteiger partial charge in [0, 0.05) is 38.5 Å². The predicted octanol–water partition coefficient (Wildman–Crippen LogP) is 0.933. The largest absolute Gasteiger partial charge is 0.348 e. The fraction of sp³-hybridized carbons (Fsp3) is 0.571. The van der Waals surface area contributed by atoms with Gasteiger partial charge in [-0.1, -0.05) is 30.3 Å². The fourth-order valence-corrected chi connectivity index (χ4v) is 6.03. The van der Waals surface area contributed by atoms with Crippen molar-refractivity contribution in [2.75, 3.05) is 24.6 Å². The lowest BCUT2D eigenvalue weighted by Crippen LogP contribution is -2.48. The maximum atomic E-state index is 12.7. The van der Waals surface area contributed by atoms with Gasteiger partial charge in [-0.25, -0.2) is 13.4 Å². The summed E-state index contributed by atoms with van der Waals surface area (Å²) in [5, 5.41) is 8.56. The van der Waals surface area contributed by atoms with Crippen LogP contribution in [0.5, 0.6) is 0 Å². The molecule has 30 heavy (non-hydrogen) atoms.